The van der Waals surface area contributed by atoms with Gasteiger partial charge in [0.15, 0.2) is 0 Å². The Balaban J connectivity index is 2.13. The topological polar surface area (TPSA) is 0 Å². The van der Waals surface area contributed by atoms with Crippen LogP contribution in [0.4, 0.5) is 0 Å². The minimum atomic E-state index is 0.474. The van der Waals surface area contributed by atoms with E-state index < -0.39 is 0 Å². The summed E-state index contributed by atoms with van der Waals surface area (Å²) >= 11 is 5.97. The van der Waals surface area contributed by atoms with E-state index >= 15 is 0 Å². The molecule has 1 aliphatic carbocycles. The van der Waals surface area contributed by atoms with E-state index in [1.807, 2.05) is 0 Å². The molecule has 10 heavy (non-hydrogen) atoms. The Morgan fingerprint density at radius 3 is 2.40 bits per heavy atom. The molecule has 0 aromatic rings. The van der Waals surface area contributed by atoms with Crippen molar-refractivity contribution in [3.05, 3.63) is 6.42 Å². The van der Waals surface area contributed by atoms with Gasteiger partial charge in [-0.3, -0.25) is 0 Å². The van der Waals surface area contributed by atoms with E-state index in [1.54, 1.807) is 0 Å². The molecular weight excluding hydrogens is 144 g/mol. The zero-order valence-electron chi connectivity index (χ0n) is 6.65. The van der Waals surface area contributed by atoms with Gasteiger partial charge in [-0.1, -0.05) is 13.3 Å². The lowest BCUT2D eigenvalue weighted by Crippen LogP contribution is -2.14. The minimum absolute atomic E-state index is 0.474. The average molecular weight is 160 g/mol. The van der Waals surface area contributed by atoms with Gasteiger partial charge in [0.1, 0.15) is 0 Å². The van der Waals surface area contributed by atoms with Crippen LogP contribution in [0.5, 0.6) is 0 Å². The highest BCUT2D eigenvalue weighted by Gasteiger charge is 2.18. The second-order valence-corrected chi connectivity index (χ2v) is 3.77. The molecule has 1 fully saturated rings. The van der Waals surface area contributed by atoms with Gasteiger partial charge < -0.3 is 0 Å². The molecule has 1 radical (unpaired) electrons. The van der Waals surface area contributed by atoms with E-state index in [0.29, 0.717) is 5.38 Å². The predicted molar refractivity (Wildman–Crippen MR) is 46.2 cm³/mol. The maximum absolute atomic E-state index is 5.97. The second kappa shape index (κ2) is 4.23. The molecule has 1 rings (SSSR count). The quantitative estimate of drug-likeness (QED) is 0.542. The Labute approximate surface area is 69.0 Å². The average Bonchev–Trinajstić information content (AvgIpc) is 1.95. The number of hydrogen-bond acceptors (Lipinski definition) is 0. The van der Waals surface area contributed by atoms with E-state index in [-0.39, 0.29) is 0 Å². The van der Waals surface area contributed by atoms with Crippen LogP contribution in [0.25, 0.3) is 0 Å². The third-order valence-corrected chi connectivity index (χ3v) is 2.71. The smallest absolute Gasteiger partial charge is 0.0336 e. The highest BCUT2D eigenvalue weighted by molar-refractivity contribution is 6.20. The molecule has 0 aliphatic heterocycles. The third-order valence-electron chi connectivity index (χ3n) is 2.27. The van der Waals surface area contributed by atoms with Crippen molar-refractivity contribution in [3.63, 3.8) is 0 Å². The molecule has 0 amide bonds. The fraction of sp³-hybridized carbons (Fsp3) is 0.889. The Kier molecular flexibility index (Phi) is 3.55. The van der Waals surface area contributed by atoms with Crippen molar-refractivity contribution in [1.82, 2.24) is 0 Å². The maximum Gasteiger partial charge on any atom is 0.0336 e. The first kappa shape index (κ1) is 8.39. The van der Waals surface area contributed by atoms with Crippen LogP contribution in [-0.2, 0) is 0 Å². The highest BCUT2D eigenvalue weighted by atomic mass is 35.5. The molecular formula is C9H16Cl. The molecule has 0 nitrogen and oxygen atoms in total. The first-order valence-electron chi connectivity index (χ1n) is 4.30. The largest absolute Gasteiger partial charge is 0.123 e. The van der Waals surface area contributed by atoms with E-state index in [4.69, 9.17) is 11.6 Å². The highest BCUT2D eigenvalue weighted by Crippen LogP contribution is 2.29. The van der Waals surface area contributed by atoms with Crippen molar-refractivity contribution in [2.75, 3.05) is 0 Å². The molecule has 0 heterocycles. The van der Waals surface area contributed by atoms with Crippen molar-refractivity contribution in [2.45, 2.75) is 44.4 Å². The van der Waals surface area contributed by atoms with Gasteiger partial charge in [0, 0.05) is 5.38 Å². The summed E-state index contributed by atoms with van der Waals surface area (Å²) in [7, 11) is 0. The van der Waals surface area contributed by atoms with Crippen molar-refractivity contribution >= 4 is 11.6 Å². The summed E-state index contributed by atoms with van der Waals surface area (Å²) in [5.41, 5.74) is 0. The fourth-order valence-corrected chi connectivity index (χ4v) is 1.90. The van der Waals surface area contributed by atoms with Crippen LogP contribution in [0.2, 0.25) is 0 Å². The van der Waals surface area contributed by atoms with Gasteiger partial charge >= 0.3 is 0 Å². The van der Waals surface area contributed by atoms with E-state index in [9.17, 15) is 0 Å². The van der Waals surface area contributed by atoms with Crippen molar-refractivity contribution in [1.29, 1.82) is 0 Å². The molecule has 0 unspecified atom stereocenters. The standard InChI is InChI=1S/C9H16Cl/c1-2-3-8-4-6-9(10)7-5-8/h3,8-9H,2,4-7H2,1H3. The Morgan fingerprint density at radius 1 is 1.30 bits per heavy atom. The monoisotopic (exact) mass is 159 g/mol. The summed E-state index contributed by atoms with van der Waals surface area (Å²) in [6.07, 6.45) is 8.75. The number of halogens is 1. The fourth-order valence-electron chi connectivity index (χ4n) is 1.65. The molecule has 0 aromatic carbocycles. The molecule has 0 atom stereocenters. The van der Waals surface area contributed by atoms with Crippen LogP contribution in [0, 0.1) is 12.3 Å². The van der Waals surface area contributed by atoms with Gasteiger partial charge in [0.2, 0.25) is 0 Å². The van der Waals surface area contributed by atoms with Crippen molar-refractivity contribution in [3.8, 4) is 0 Å². The Hall–Kier alpha value is 0.290. The number of hydrogen-bond donors (Lipinski definition) is 0. The van der Waals surface area contributed by atoms with Gasteiger partial charge in [-0.15, -0.1) is 11.6 Å². The number of alkyl halides is 1. The van der Waals surface area contributed by atoms with Crippen LogP contribution >= 0.6 is 11.6 Å². The molecule has 1 heteroatoms. The van der Waals surface area contributed by atoms with E-state index in [2.05, 4.69) is 13.3 Å². The molecule has 0 bridgehead atoms. The van der Waals surface area contributed by atoms with E-state index in [1.165, 1.54) is 32.1 Å². The van der Waals surface area contributed by atoms with Crippen LogP contribution < -0.4 is 0 Å². The summed E-state index contributed by atoms with van der Waals surface area (Å²) in [4.78, 5) is 0. The summed E-state index contributed by atoms with van der Waals surface area (Å²) < 4.78 is 0. The molecule has 0 saturated heterocycles. The van der Waals surface area contributed by atoms with Gasteiger partial charge in [0.25, 0.3) is 0 Å². The lowest BCUT2D eigenvalue weighted by molar-refractivity contribution is 0.397. The molecule has 59 valence electrons. The Morgan fingerprint density at radius 2 is 1.90 bits per heavy atom. The SMILES string of the molecule is CC[CH]C1CCC(Cl)CC1. The Bertz CT molecular complexity index is 82.7. The lowest BCUT2D eigenvalue weighted by atomic mass is 9.86. The molecule has 1 aliphatic rings. The third kappa shape index (κ3) is 2.49. The maximum atomic E-state index is 5.97. The first-order chi connectivity index (χ1) is 4.83. The van der Waals surface area contributed by atoms with Crippen molar-refractivity contribution < 1.29 is 0 Å². The van der Waals surface area contributed by atoms with Gasteiger partial charge in [-0.05, 0) is 38.0 Å². The second-order valence-electron chi connectivity index (χ2n) is 3.16. The molecule has 0 spiro atoms. The molecule has 0 aromatic heterocycles. The summed E-state index contributed by atoms with van der Waals surface area (Å²) in [5.74, 6) is 0.875. The van der Waals surface area contributed by atoms with E-state index in [0.717, 1.165) is 5.92 Å². The van der Waals surface area contributed by atoms with Crippen LogP contribution in [0.3, 0.4) is 0 Å². The zero-order valence-corrected chi connectivity index (χ0v) is 7.40. The molecule has 0 N–H and O–H groups in total. The lowest BCUT2D eigenvalue weighted by Gasteiger charge is -2.23. The van der Waals surface area contributed by atoms with Crippen LogP contribution in [0.1, 0.15) is 39.0 Å². The normalized spacial score (nSPS) is 34.2. The summed E-state index contributed by atoms with van der Waals surface area (Å²) in [6, 6.07) is 0. The van der Waals surface area contributed by atoms with Crippen molar-refractivity contribution in [2.24, 2.45) is 5.92 Å². The summed E-state index contributed by atoms with van der Waals surface area (Å²) in [5, 5.41) is 0.474. The number of rotatable bonds is 2. The summed E-state index contributed by atoms with van der Waals surface area (Å²) in [6.45, 7) is 2.22. The van der Waals surface area contributed by atoms with Gasteiger partial charge in [0.05, 0.1) is 0 Å². The van der Waals surface area contributed by atoms with Gasteiger partial charge in [-0.25, -0.2) is 0 Å². The zero-order chi connectivity index (χ0) is 7.40. The van der Waals surface area contributed by atoms with Gasteiger partial charge in [-0.2, -0.15) is 0 Å². The minimum Gasteiger partial charge on any atom is -0.123 e. The molecule has 1 saturated carbocycles. The first-order valence-corrected chi connectivity index (χ1v) is 4.74. The van der Waals surface area contributed by atoms with Crippen LogP contribution in [-0.4, -0.2) is 5.38 Å². The predicted octanol–water partition coefficient (Wildman–Crippen LogP) is 3.40. The van der Waals surface area contributed by atoms with Crippen LogP contribution in [0.15, 0.2) is 0 Å².